The summed E-state index contributed by atoms with van der Waals surface area (Å²) in [7, 11) is 0. The van der Waals surface area contributed by atoms with Gasteiger partial charge in [-0.3, -0.25) is 9.59 Å². The predicted octanol–water partition coefficient (Wildman–Crippen LogP) is 1.16. The van der Waals surface area contributed by atoms with E-state index in [1.54, 1.807) is 0 Å². The molecule has 13 heteroatoms. The third-order valence-electron chi connectivity index (χ3n) is 3.25. The minimum absolute atomic E-state index is 0.0444. The van der Waals surface area contributed by atoms with Crippen LogP contribution in [0.25, 0.3) is 0 Å². The second-order valence-corrected chi connectivity index (χ2v) is 5.49. The highest BCUT2D eigenvalue weighted by Gasteiger charge is 2.38. The Labute approximate surface area is 154 Å². The van der Waals surface area contributed by atoms with Crippen molar-refractivity contribution >= 4 is 17.8 Å². The van der Waals surface area contributed by atoms with Gasteiger partial charge in [0.05, 0.1) is 18.2 Å². The Morgan fingerprint density at radius 1 is 1.11 bits per heavy atom. The van der Waals surface area contributed by atoms with Gasteiger partial charge in [-0.25, -0.2) is 4.79 Å². The summed E-state index contributed by atoms with van der Waals surface area (Å²) in [5.41, 5.74) is -1.04. The lowest BCUT2D eigenvalue weighted by Gasteiger charge is -2.27. The molecule has 0 unspecified atom stereocenters. The summed E-state index contributed by atoms with van der Waals surface area (Å²) < 4.78 is 69.3. The van der Waals surface area contributed by atoms with Crippen molar-refractivity contribution in [1.82, 2.24) is 16.0 Å². The van der Waals surface area contributed by atoms with E-state index in [1.165, 1.54) is 6.07 Å². The molecule has 1 aliphatic heterocycles. The number of alkyl halides is 6. The fourth-order valence-corrected chi connectivity index (χ4v) is 1.77. The van der Waals surface area contributed by atoms with Gasteiger partial charge in [0.2, 0.25) is 5.91 Å². The van der Waals surface area contributed by atoms with E-state index in [4.69, 9.17) is 9.90 Å². The van der Waals surface area contributed by atoms with Crippen molar-refractivity contribution in [2.24, 2.45) is 0 Å². The second-order valence-electron chi connectivity index (χ2n) is 5.49. The highest BCUT2D eigenvalue weighted by molar-refractivity contribution is 5.96. The van der Waals surface area contributed by atoms with E-state index >= 15 is 0 Å². The molecular formula is C15H15F6N3O4. The lowest BCUT2D eigenvalue weighted by molar-refractivity contribution is -0.192. The normalized spacial score (nSPS) is 14.2. The van der Waals surface area contributed by atoms with Crippen LogP contribution in [0.15, 0.2) is 24.3 Å². The van der Waals surface area contributed by atoms with Crippen LogP contribution in [0.4, 0.5) is 26.3 Å². The molecule has 1 aliphatic rings. The van der Waals surface area contributed by atoms with Gasteiger partial charge >= 0.3 is 18.3 Å². The van der Waals surface area contributed by atoms with Crippen LogP contribution in [0.5, 0.6) is 0 Å². The number of carbonyl (C=O) groups is 3. The lowest BCUT2D eigenvalue weighted by Crippen LogP contribution is -2.58. The van der Waals surface area contributed by atoms with Crippen LogP contribution in [-0.2, 0) is 15.8 Å². The molecule has 0 bridgehead atoms. The van der Waals surface area contributed by atoms with Crippen LogP contribution in [0, 0.1) is 0 Å². The minimum Gasteiger partial charge on any atom is -0.475 e. The molecule has 2 rings (SSSR count). The highest BCUT2D eigenvalue weighted by atomic mass is 19.4. The van der Waals surface area contributed by atoms with Crippen molar-refractivity contribution < 1.29 is 45.8 Å². The summed E-state index contributed by atoms with van der Waals surface area (Å²) in [4.78, 5) is 32.1. The molecule has 1 aromatic rings. The number of rotatable bonds is 4. The number of carboxylic acids is 1. The van der Waals surface area contributed by atoms with Gasteiger partial charge in [-0.2, -0.15) is 26.3 Å². The SMILES string of the molecule is O=C(CNC(=O)c1cccc(C(F)(F)F)c1)NC1CNC1.O=C(O)C(F)(F)F. The third-order valence-corrected chi connectivity index (χ3v) is 3.25. The molecule has 0 aromatic heterocycles. The van der Waals surface area contributed by atoms with Gasteiger partial charge in [0, 0.05) is 18.7 Å². The molecule has 0 radical (unpaired) electrons. The van der Waals surface area contributed by atoms with E-state index in [-0.39, 0.29) is 24.1 Å². The second kappa shape index (κ2) is 9.39. The molecular weight excluding hydrogens is 400 g/mol. The number of carbonyl (C=O) groups excluding carboxylic acids is 2. The molecule has 1 fully saturated rings. The van der Waals surface area contributed by atoms with E-state index in [0.29, 0.717) is 13.1 Å². The van der Waals surface area contributed by atoms with Crippen molar-refractivity contribution in [1.29, 1.82) is 0 Å². The van der Waals surface area contributed by atoms with Crippen LogP contribution in [0.1, 0.15) is 15.9 Å². The topological polar surface area (TPSA) is 108 Å². The Hall–Kier alpha value is -2.83. The Balaban J connectivity index is 0.000000480. The van der Waals surface area contributed by atoms with E-state index in [1.807, 2.05) is 0 Å². The molecule has 0 saturated carbocycles. The summed E-state index contributed by atoms with van der Waals surface area (Å²) in [5.74, 6) is -3.85. The first-order chi connectivity index (χ1) is 12.8. The van der Waals surface area contributed by atoms with Crippen molar-refractivity contribution in [3.05, 3.63) is 35.4 Å². The molecule has 2 amide bonds. The molecule has 4 N–H and O–H groups in total. The Bertz CT molecular complexity index is 716. The molecule has 1 aromatic carbocycles. The zero-order valence-electron chi connectivity index (χ0n) is 13.9. The van der Waals surface area contributed by atoms with E-state index in [2.05, 4.69) is 16.0 Å². The van der Waals surface area contributed by atoms with Crippen LogP contribution in [-0.4, -0.2) is 54.7 Å². The number of carboxylic acid groups (broad SMARTS) is 1. The van der Waals surface area contributed by atoms with Gasteiger partial charge in [-0.1, -0.05) is 6.07 Å². The first-order valence-corrected chi connectivity index (χ1v) is 7.56. The number of amides is 2. The zero-order valence-corrected chi connectivity index (χ0v) is 13.9. The standard InChI is InChI=1S/C13H14F3N3O2.C2HF3O2/c14-13(15,16)9-3-1-2-8(4-9)12(21)18-7-11(20)19-10-5-17-6-10;3-2(4,5)1(6)7/h1-4,10,17H,5-7H2,(H,18,21)(H,19,20);(H,6,7). The van der Waals surface area contributed by atoms with Gasteiger partial charge in [0.15, 0.2) is 0 Å². The first-order valence-electron chi connectivity index (χ1n) is 7.56. The predicted molar refractivity (Wildman–Crippen MR) is 82.3 cm³/mol. The van der Waals surface area contributed by atoms with Crippen molar-refractivity contribution in [2.75, 3.05) is 19.6 Å². The maximum absolute atomic E-state index is 12.5. The summed E-state index contributed by atoms with van der Waals surface area (Å²) in [6.07, 6.45) is -9.59. The molecule has 28 heavy (non-hydrogen) atoms. The molecule has 0 aliphatic carbocycles. The molecule has 156 valence electrons. The van der Waals surface area contributed by atoms with Gasteiger partial charge in [-0.05, 0) is 18.2 Å². The molecule has 1 heterocycles. The first kappa shape index (κ1) is 23.2. The summed E-state index contributed by atoms with van der Waals surface area (Å²) in [5, 5.41) is 15.0. The van der Waals surface area contributed by atoms with Crippen LogP contribution in [0.2, 0.25) is 0 Å². The molecule has 0 atom stereocenters. The molecule has 7 nitrogen and oxygen atoms in total. The average Bonchev–Trinajstić information content (AvgIpc) is 2.55. The maximum Gasteiger partial charge on any atom is 0.490 e. The smallest absolute Gasteiger partial charge is 0.475 e. The fourth-order valence-electron chi connectivity index (χ4n) is 1.77. The monoisotopic (exact) mass is 415 g/mol. The zero-order chi connectivity index (χ0) is 21.5. The third kappa shape index (κ3) is 7.82. The van der Waals surface area contributed by atoms with Crippen molar-refractivity contribution in [2.45, 2.75) is 18.4 Å². The van der Waals surface area contributed by atoms with E-state index in [0.717, 1.165) is 18.2 Å². The number of nitrogens with one attached hydrogen (secondary N) is 3. The van der Waals surface area contributed by atoms with Crippen LogP contribution >= 0.6 is 0 Å². The summed E-state index contributed by atoms with van der Waals surface area (Å²) in [6, 6.07) is 4.09. The Morgan fingerprint density at radius 3 is 2.11 bits per heavy atom. The van der Waals surface area contributed by atoms with Gasteiger partial charge in [0.1, 0.15) is 0 Å². The van der Waals surface area contributed by atoms with Gasteiger partial charge in [0.25, 0.3) is 5.91 Å². The molecule has 0 spiro atoms. The number of hydrogen-bond donors (Lipinski definition) is 4. The Morgan fingerprint density at radius 2 is 1.68 bits per heavy atom. The number of hydrogen-bond acceptors (Lipinski definition) is 4. The number of benzene rings is 1. The van der Waals surface area contributed by atoms with Crippen LogP contribution < -0.4 is 16.0 Å². The quantitative estimate of drug-likeness (QED) is 0.552. The minimum atomic E-state index is -5.08. The number of halogens is 6. The van der Waals surface area contributed by atoms with Gasteiger partial charge in [-0.15, -0.1) is 0 Å². The largest absolute Gasteiger partial charge is 0.490 e. The van der Waals surface area contributed by atoms with Crippen molar-refractivity contribution in [3.63, 3.8) is 0 Å². The Kier molecular flexibility index (Phi) is 7.78. The van der Waals surface area contributed by atoms with E-state index < -0.39 is 29.8 Å². The number of aliphatic carboxylic acids is 1. The average molecular weight is 415 g/mol. The summed E-state index contributed by atoms with van der Waals surface area (Å²) >= 11 is 0. The van der Waals surface area contributed by atoms with Crippen LogP contribution in [0.3, 0.4) is 0 Å². The van der Waals surface area contributed by atoms with Crippen molar-refractivity contribution in [3.8, 4) is 0 Å². The fraction of sp³-hybridized carbons (Fsp3) is 0.400. The highest BCUT2D eigenvalue weighted by Crippen LogP contribution is 2.29. The van der Waals surface area contributed by atoms with Gasteiger partial charge < -0.3 is 21.1 Å². The molecule has 1 saturated heterocycles. The maximum atomic E-state index is 12.5. The van der Waals surface area contributed by atoms with E-state index in [9.17, 15) is 35.9 Å². The summed E-state index contributed by atoms with van der Waals surface area (Å²) in [6.45, 7) is 1.08. The lowest BCUT2D eigenvalue weighted by atomic mass is 10.1.